The van der Waals surface area contributed by atoms with Gasteiger partial charge in [0, 0.05) is 20.1 Å². The second-order valence-electron chi connectivity index (χ2n) is 3.44. The number of nitrogens with one attached hydrogen (secondary N) is 1. The van der Waals surface area contributed by atoms with Crippen molar-refractivity contribution in [1.29, 1.82) is 0 Å². The number of benzene rings is 1. The summed E-state index contributed by atoms with van der Waals surface area (Å²) in [4.78, 5) is 2.24. The predicted molar refractivity (Wildman–Crippen MR) is 57.9 cm³/mol. The van der Waals surface area contributed by atoms with Crippen LogP contribution in [0.4, 0.5) is 11.4 Å². The number of halogens is 1. The quantitative estimate of drug-likeness (QED) is 0.686. The number of fused-ring (bicyclic) bond motifs is 1. The highest BCUT2D eigenvalue weighted by molar-refractivity contribution is 6.34. The molecule has 0 unspecified atom stereocenters. The minimum absolute atomic E-state index is 0.812. The first-order valence-corrected chi connectivity index (χ1v) is 4.82. The van der Waals surface area contributed by atoms with Crippen LogP contribution in [0.3, 0.4) is 0 Å². The van der Waals surface area contributed by atoms with E-state index in [1.807, 2.05) is 6.07 Å². The maximum Gasteiger partial charge on any atom is 0.0770 e. The molecule has 1 aliphatic heterocycles. The van der Waals surface area contributed by atoms with Crippen LogP contribution >= 0.6 is 11.6 Å². The second-order valence-corrected chi connectivity index (χ2v) is 3.84. The maximum atomic E-state index is 6.09. The molecule has 0 fully saturated rings. The predicted octanol–water partition coefficient (Wildman–Crippen LogP) is 2.51. The van der Waals surface area contributed by atoms with Gasteiger partial charge in [0.15, 0.2) is 0 Å². The summed E-state index contributed by atoms with van der Waals surface area (Å²) in [5.74, 6) is 0. The first-order valence-electron chi connectivity index (χ1n) is 4.44. The third kappa shape index (κ3) is 1.35. The SMILES string of the molecule is Cc1ccc(Cl)c2c1N(C)CCN2. The van der Waals surface area contributed by atoms with Crippen LogP contribution in [0.5, 0.6) is 0 Å². The van der Waals surface area contributed by atoms with Crippen molar-refractivity contribution < 1.29 is 0 Å². The Balaban J connectivity index is 2.60. The molecule has 0 aliphatic carbocycles. The molecule has 1 heterocycles. The molecule has 1 aromatic carbocycles. The monoisotopic (exact) mass is 196 g/mol. The molecule has 2 nitrogen and oxygen atoms in total. The van der Waals surface area contributed by atoms with E-state index < -0.39 is 0 Å². The van der Waals surface area contributed by atoms with E-state index in [0.29, 0.717) is 0 Å². The van der Waals surface area contributed by atoms with Gasteiger partial charge < -0.3 is 10.2 Å². The lowest BCUT2D eigenvalue weighted by Gasteiger charge is -2.30. The van der Waals surface area contributed by atoms with Crippen molar-refractivity contribution in [3.8, 4) is 0 Å². The van der Waals surface area contributed by atoms with Crippen molar-refractivity contribution in [2.24, 2.45) is 0 Å². The Kier molecular flexibility index (Phi) is 2.08. The zero-order valence-corrected chi connectivity index (χ0v) is 8.65. The summed E-state index contributed by atoms with van der Waals surface area (Å²) in [5.41, 5.74) is 3.59. The molecule has 0 amide bonds. The van der Waals surface area contributed by atoms with Crippen LogP contribution in [-0.4, -0.2) is 20.1 Å². The third-order valence-electron chi connectivity index (χ3n) is 2.46. The van der Waals surface area contributed by atoms with E-state index in [4.69, 9.17) is 11.6 Å². The van der Waals surface area contributed by atoms with E-state index in [-0.39, 0.29) is 0 Å². The van der Waals surface area contributed by atoms with Crippen molar-refractivity contribution in [3.05, 3.63) is 22.7 Å². The summed E-state index contributed by atoms with van der Waals surface area (Å²) in [5, 5.41) is 4.14. The number of rotatable bonds is 0. The van der Waals surface area contributed by atoms with Crippen LogP contribution in [0.2, 0.25) is 5.02 Å². The number of hydrogen-bond donors (Lipinski definition) is 1. The lowest BCUT2D eigenvalue weighted by atomic mass is 10.1. The molecular weight excluding hydrogens is 184 g/mol. The molecule has 0 bridgehead atoms. The number of hydrogen-bond acceptors (Lipinski definition) is 2. The molecule has 0 saturated heterocycles. The summed E-state index contributed by atoms with van der Waals surface area (Å²) >= 11 is 6.09. The van der Waals surface area contributed by atoms with Crippen LogP contribution < -0.4 is 10.2 Å². The van der Waals surface area contributed by atoms with E-state index >= 15 is 0 Å². The molecule has 1 aromatic rings. The molecule has 0 spiro atoms. The van der Waals surface area contributed by atoms with Gasteiger partial charge in [0.2, 0.25) is 0 Å². The lowest BCUT2D eigenvalue weighted by molar-refractivity contribution is 0.882. The molecule has 2 rings (SSSR count). The number of anilines is 2. The van der Waals surface area contributed by atoms with Crippen LogP contribution in [0.1, 0.15) is 5.56 Å². The summed E-state index contributed by atoms with van der Waals surface area (Å²) in [7, 11) is 2.10. The first-order chi connectivity index (χ1) is 6.20. The average Bonchev–Trinajstić information content (AvgIpc) is 2.12. The van der Waals surface area contributed by atoms with Crippen molar-refractivity contribution in [3.63, 3.8) is 0 Å². The molecule has 13 heavy (non-hydrogen) atoms. The lowest BCUT2D eigenvalue weighted by Crippen LogP contribution is -2.31. The standard InChI is InChI=1S/C10H13ClN2/c1-7-3-4-8(11)9-10(7)13(2)6-5-12-9/h3-4,12H,5-6H2,1-2H3. The normalized spacial score (nSPS) is 15.2. The van der Waals surface area contributed by atoms with E-state index in [9.17, 15) is 0 Å². The smallest absolute Gasteiger partial charge is 0.0770 e. The minimum atomic E-state index is 0.812. The van der Waals surface area contributed by atoms with E-state index in [1.54, 1.807) is 0 Å². The molecule has 1 N–H and O–H groups in total. The van der Waals surface area contributed by atoms with Crippen molar-refractivity contribution in [2.75, 3.05) is 30.4 Å². The Morgan fingerprint density at radius 1 is 1.46 bits per heavy atom. The largest absolute Gasteiger partial charge is 0.380 e. The molecule has 0 radical (unpaired) electrons. The van der Waals surface area contributed by atoms with Gasteiger partial charge in [0.25, 0.3) is 0 Å². The zero-order valence-electron chi connectivity index (χ0n) is 7.89. The average molecular weight is 197 g/mol. The van der Waals surface area contributed by atoms with Crippen molar-refractivity contribution >= 4 is 23.0 Å². The van der Waals surface area contributed by atoms with E-state index in [2.05, 4.69) is 30.3 Å². The van der Waals surface area contributed by atoms with Crippen molar-refractivity contribution in [1.82, 2.24) is 0 Å². The van der Waals surface area contributed by atoms with Gasteiger partial charge in [-0.15, -0.1) is 0 Å². The Morgan fingerprint density at radius 2 is 2.23 bits per heavy atom. The van der Waals surface area contributed by atoms with Gasteiger partial charge in [-0.25, -0.2) is 0 Å². The molecule has 0 atom stereocenters. The summed E-state index contributed by atoms with van der Waals surface area (Å²) in [6.07, 6.45) is 0. The minimum Gasteiger partial charge on any atom is -0.380 e. The Morgan fingerprint density at radius 3 is 2.92 bits per heavy atom. The first kappa shape index (κ1) is 8.70. The van der Waals surface area contributed by atoms with Gasteiger partial charge in [-0.1, -0.05) is 17.7 Å². The number of likely N-dealkylation sites (N-methyl/N-ethyl adjacent to an activating group) is 1. The summed E-state index contributed by atoms with van der Waals surface area (Å²) in [6.45, 7) is 4.11. The zero-order chi connectivity index (χ0) is 9.42. The molecule has 0 saturated carbocycles. The van der Waals surface area contributed by atoms with Gasteiger partial charge in [0.05, 0.1) is 16.4 Å². The van der Waals surface area contributed by atoms with Gasteiger partial charge in [-0.3, -0.25) is 0 Å². The fraction of sp³-hybridized carbons (Fsp3) is 0.400. The van der Waals surface area contributed by atoms with Crippen molar-refractivity contribution in [2.45, 2.75) is 6.92 Å². The van der Waals surface area contributed by atoms with Crippen LogP contribution in [0, 0.1) is 6.92 Å². The molecule has 70 valence electrons. The highest BCUT2D eigenvalue weighted by atomic mass is 35.5. The van der Waals surface area contributed by atoms with Gasteiger partial charge in [-0.05, 0) is 18.6 Å². The van der Waals surface area contributed by atoms with Gasteiger partial charge in [0.1, 0.15) is 0 Å². The Labute approximate surface area is 83.5 Å². The van der Waals surface area contributed by atoms with Gasteiger partial charge >= 0.3 is 0 Å². The molecule has 0 aromatic heterocycles. The topological polar surface area (TPSA) is 15.3 Å². The van der Waals surface area contributed by atoms with Crippen LogP contribution in [0.15, 0.2) is 12.1 Å². The summed E-state index contributed by atoms with van der Waals surface area (Å²) < 4.78 is 0. The Bertz CT molecular complexity index is 336. The van der Waals surface area contributed by atoms with Crippen LogP contribution in [-0.2, 0) is 0 Å². The fourth-order valence-electron chi connectivity index (χ4n) is 1.79. The van der Waals surface area contributed by atoms with Gasteiger partial charge in [-0.2, -0.15) is 0 Å². The van der Waals surface area contributed by atoms with Crippen LogP contribution in [0.25, 0.3) is 0 Å². The third-order valence-corrected chi connectivity index (χ3v) is 2.77. The molecule has 1 aliphatic rings. The highest BCUT2D eigenvalue weighted by Crippen LogP contribution is 2.37. The highest BCUT2D eigenvalue weighted by Gasteiger charge is 2.17. The number of nitrogens with zero attached hydrogens (tertiary/aromatic N) is 1. The maximum absolute atomic E-state index is 6.09. The van der Waals surface area contributed by atoms with E-state index in [1.165, 1.54) is 11.3 Å². The van der Waals surface area contributed by atoms with E-state index in [0.717, 1.165) is 23.8 Å². The fourth-order valence-corrected chi connectivity index (χ4v) is 2.01. The molecular formula is C10H13ClN2. The summed E-state index contributed by atoms with van der Waals surface area (Å²) in [6, 6.07) is 4.01. The second kappa shape index (κ2) is 3.11. The Hall–Kier alpha value is -0.890. The molecule has 3 heteroatoms. The number of aryl methyl sites for hydroxylation is 1.